The summed E-state index contributed by atoms with van der Waals surface area (Å²) in [4.78, 5) is 0. The minimum atomic E-state index is 0.500. The smallest absolute Gasteiger partial charge is 0.120 e. The molecule has 0 amide bonds. The minimum absolute atomic E-state index is 0.500. The van der Waals surface area contributed by atoms with Crippen LogP contribution in [0.4, 0.5) is 0 Å². The predicted octanol–water partition coefficient (Wildman–Crippen LogP) is 3.36. The van der Waals surface area contributed by atoms with Gasteiger partial charge in [-0.3, -0.25) is 0 Å². The van der Waals surface area contributed by atoms with Crippen LogP contribution in [0, 0.1) is 18.3 Å². The van der Waals surface area contributed by atoms with Crippen molar-refractivity contribution in [1.29, 1.82) is 0 Å². The van der Waals surface area contributed by atoms with Crippen LogP contribution in [-0.4, -0.2) is 6.61 Å². The molecule has 0 bridgehead atoms. The van der Waals surface area contributed by atoms with Crippen LogP contribution >= 0.6 is 11.6 Å². The molecule has 1 nitrogen and oxygen atoms in total. The third kappa shape index (κ3) is 2.97. The lowest BCUT2D eigenvalue weighted by atomic mass is 10.2. The molecule has 0 spiro atoms. The van der Waals surface area contributed by atoms with Crippen molar-refractivity contribution in [2.45, 2.75) is 13.8 Å². The van der Waals surface area contributed by atoms with Crippen LogP contribution in [0.25, 0.3) is 0 Å². The van der Waals surface area contributed by atoms with Crippen molar-refractivity contribution in [3.05, 3.63) is 28.8 Å². The summed E-state index contributed by atoms with van der Waals surface area (Å²) in [5, 5.41) is 0.587. The maximum Gasteiger partial charge on any atom is 0.120 e. The first-order valence-electron chi connectivity index (χ1n) is 4.52. The zero-order valence-corrected chi connectivity index (χ0v) is 9.14. The molecule has 0 aromatic heterocycles. The van der Waals surface area contributed by atoms with Gasteiger partial charge in [0.05, 0.1) is 11.6 Å². The number of benzene rings is 1. The fraction of sp³-hybridized carbons (Fsp3) is 0.333. The molecule has 0 aliphatic heterocycles. The Morgan fingerprint density at radius 1 is 1.50 bits per heavy atom. The molecule has 0 saturated heterocycles. The highest BCUT2D eigenvalue weighted by Gasteiger charge is 2.01. The van der Waals surface area contributed by atoms with E-state index in [0.29, 0.717) is 23.1 Å². The molecule has 1 aromatic carbocycles. The van der Waals surface area contributed by atoms with Crippen molar-refractivity contribution in [1.82, 2.24) is 0 Å². The summed E-state index contributed by atoms with van der Waals surface area (Å²) < 4.78 is 5.51. The minimum Gasteiger partial charge on any atom is -0.493 e. The quantitative estimate of drug-likeness (QED) is 0.693. The first-order valence-corrected chi connectivity index (χ1v) is 4.90. The number of terminal acetylenes is 1. The van der Waals surface area contributed by atoms with Crippen LogP contribution in [0.3, 0.4) is 0 Å². The van der Waals surface area contributed by atoms with E-state index < -0.39 is 0 Å². The summed E-state index contributed by atoms with van der Waals surface area (Å²) >= 11 is 5.86. The first kappa shape index (κ1) is 10.9. The summed E-state index contributed by atoms with van der Waals surface area (Å²) in [5.74, 6) is 3.79. The highest BCUT2D eigenvalue weighted by Crippen LogP contribution is 2.21. The summed E-state index contributed by atoms with van der Waals surface area (Å²) in [5.41, 5.74) is 0.674. The zero-order valence-electron chi connectivity index (χ0n) is 8.38. The third-order valence-corrected chi connectivity index (χ3v) is 2.01. The molecule has 0 unspecified atom stereocenters. The van der Waals surface area contributed by atoms with E-state index in [1.165, 1.54) is 0 Å². The van der Waals surface area contributed by atoms with Crippen molar-refractivity contribution in [3.8, 4) is 18.1 Å². The molecule has 0 aliphatic carbocycles. The van der Waals surface area contributed by atoms with E-state index in [-0.39, 0.29) is 0 Å². The van der Waals surface area contributed by atoms with Crippen LogP contribution in [0.1, 0.15) is 19.4 Å². The Bertz CT molecular complexity index is 350. The highest BCUT2D eigenvalue weighted by molar-refractivity contribution is 6.31. The standard InChI is InChI=1S/C12H13ClO/c1-4-10-7-11(5-6-12(10)13)14-8-9(2)3/h1,5-7,9H,8H2,2-3H3. The average molecular weight is 209 g/mol. The van der Waals surface area contributed by atoms with Gasteiger partial charge in [-0.25, -0.2) is 0 Å². The van der Waals surface area contributed by atoms with Crippen molar-refractivity contribution in [2.75, 3.05) is 6.61 Å². The largest absolute Gasteiger partial charge is 0.493 e. The maximum atomic E-state index is 5.86. The maximum absolute atomic E-state index is 5.86. The van der Waals surface area contributed by atoms with E-state index in [9.17, 15) is 0 Å². The number of halogens is 1. The van der Waals surface area contributed by atoms with Crippen molar-refractivity contribution in [3.63, 3.8) is 0 Å². The van der Waals surface area contributed by atoms with Crippen LogP contribution in [0.2, 0.25) is 5.02 Å². The molecular formula is C12H13ClO. The van der Waals surface area contributed by atoms with Gasteiger partial charge in [0, 0.05) is 5.56 Å². The number of rotatable bonds is 3. The second-order valence-electron chi connectivity index (χ2n) is 3.49. The second-order valence-corrected chi connectivity index (χ2v) is 3.90. The number of hydrogen-bond donors (Lipinski definition) is 0. The number of hydrogen-bond acceptors (Lipinski definition) is 1. The Labute approximate surface area is 90.0 Å². The third-order valence-electron chi connectivity index (χ3n) is 1.68. The van der Waals surface area contributed by atoms with Gasteiger partial charge in [-0.2, -0.15) is 0 Å². The molecular weight excluding hydrogens is 196 g/mol. The molecule has 2 heteroatoms. The SMILES string of the molecule is C#Cc1cc(OCC(C)C)ccc1Cl. The van der Waals surface area contributed by atoms with Gasteiger partial charge in [0.25, 0.3) is 0 Å². The Morgan fingerprint density at radius 2 is 2.21 bits per heavy atom. The molecule has 0 heterocycles. The Hall–Kier alpha value is -1.13. The van der Waals surface area contributed by atoms with Crippen molar-refractivity contribution < 1.29 is 4.74 Å². The van der Waals surface area contributed by atoms with E-state index in [4.69, 9.17) is 22.8 Å². The molecule has 0 radical (unpaired) electrons. The molecule has 74 valence electrons. The Morgan fingerprint density at radius 3 is 2.79 bits per heavy atom. The summed E-state index contributed by atoms with van der Waals surface area (Å²) in [6.45, 7) is 4.88. The summed E-state index contributed by atoms with van der Waals surface area (Å²) in [6.07, 6.45) is 5.29. The normalized spacial score (nSPS) is 9.93. The molecule has 1 aromatic rings. The zero-order chi connectivity index (χ0) is 10.6. The molecule has 0 atom stereocenters. The molecule has 0 aliphatic rings. The molecule has 0 saturated carbocycles. The van der Waals surface area contributed by atoms with Crippen LogP contribution in [-0.2, 0) is 0 Å². The van der Waals surface area contributed by atoms with Gasteiger partial charge < -0.3 is 4.74 Å². The van der Waals surface area contributed by atoms with Gasteiger partial charge in [-0.05, 0) is 24.1 Å². The van der Waals surface area contributed by atoms with Gasteiger partial charge in [-0.15, -0.1) is 6.42 Å². The van der Waals surface area contributed by atoms with Crippen molar-refractivity contribution in [2.24, 2.45) is 5.92 Å². The molecule has 0 fully saturated rings. The lowest BCUT2D eigenvalue weighted by Gasteiger charge is -2.09. The van der Waals surface area contributed by atoms with E-state index in [1.807, 2.05) is 6.07 Å². The lowest BCUT2D eigenvalue weighted by Crippen LogP contribution is -2.04. The van der Waals surface area contributed by atoms with E-state index in [0.717, 1.165) is 5.75 Å². The topological polar surface area (TPSA) is 9.23 Å². The average Bonchev–Trinajstić information content (AvgIpc) is 2.16. The van der Waals surface area contributed by atoms with E-state index in [2.05, 4.69) is 19.8 Å². The van der Waals surface area contributed by atoms with Gasteiger partial charge in [0.15, 0.2) is 0 Å². The van der Waals surface area contributed by atoms with Gasteiger partial charge in [-0.1, -0.05) is 31.4 Å². The Balaban J connectivity index is 2.76. The second kappa shape index (κ2) is 4.93. The fourth-order valence-electron chi connectivity index (χ4n) is 0.968. The predicted molar refractivity (Wildman–Crippen MR) is 59.7 cm³/mol. The van der Waals surface area contributed by atoms with Gasteiger partial charge in [0.1, 0.15) is 5.75 Å². The number of ether oxygens (including phenoxy) is 1. The molecule has 14 heavy (non-hydrogen) atoms. The van der Waals surface area contributed by atoms with E-state index >= 15 is 0 Å². The lowest BCUT2D eigenvalue weighted by molar-refractivity contribution is 0.271. The van der Waals surface area contributed by atoms with Crippen LogP contribution in [0.15, 0.2) is 18.2 Å². The van der Waals surface area contributed by atoms with Crippen LogP contribution in [0.5, 0.6) is 5.75 Å². The van der Waals surface area contributed by atoms with E-state index in [1.54, 1.807) is 12.1 Å². The van der Waals surface area contributed by atoms with Crippen LogP contribution < -0.4 is 4.74 Å². The fourth-order valence-corrected chi connectivity index (χ4v) is 1.14. The highest BCUT2D eigenvalue weighted by atomic mass is 35.5. The Kier molecular flexibility index (Phi) is 3.85. The molecule has 1 rings (SSSR count). The van der Waals surface area contributed by atoms with Gasteiger partial charge >= 0.3 is 0 Å². The summed E-state index contributed by atoms with van der Waals surface area (Å²) in [6, 6.07) is 5.36. The van der Waals surface area contributed by atoms with Crippen molar-refractivity contribution >= 4 is 11.6 Å². The monoisotopic (exact) mass is 208 g/mol. The van der Waals surface area contributed by atoms with Gasteiger partial charge in [0.2, 0.25) is 0 Å². The first-order chi connectivity index (χ1) is 6.63. The summed E-state index contributed by atoms with van der Waals surface area (Å²) in [7, 11) is 0. The molecule has 0 N–H and O–H groups in total.